The number of rotatable bonds is 8. The largest absolute Gasteiger partial charge is 0.490 e. The van der Waals surface area contributed by atoms with Crippen molar-refractivity contribution in [3.8, 4) is 5.75 Å². The maximum Gasteiger partial charge on any atom is 0.167 e. The van der Waals surface area contributed by atoms with Crippen LogP contribution in [0.5, 0.6) is 5.75 Å². The minimum atomic E-state index is -0.467. The molecule has 19 heavy (non-hydrogen) atoms. The summed E-state index contributed by atoms with van der Waals surface area (Å²) in [4.78, 5) is 0. The van der Waals surface area contributed by atoms with Crippen molar-refractivity contribution in [3.05, 3.63) is 17.9 Å². The second kappa shape index (κ2) is 7.84. The van der Waals surface area contributed by atoms with E-state index in [1.54, 1.807) is 6.07 Å². The van der Waals surface area contributed by atoms with Crippen molar-refractivity contribution in [2.45, 2.75) is 39.2 Å². The van der Waals surface area contributed by atoms with Gasteiger partial charge in [0.1, 0.15) is 0 Å². The lowest BCUT2D eigenvalue weighted by Gasteiger charge is -2.15. The Hall–Kier alpha value is -1.49. The van der Waals surface area contributed by atoms with E-state index in [0.717, 1.165) is 12.8 Å². The van der Waals surface area contributed by atoms with Gasteiger partial charge < -0.3 is 20.9 Å². The molecule has 1 rings (SSSR count). The van der Waals surface area contributed by atoms with Crippen LogP contribution in [0.2, 0.25) is 0 Å². The standard InChI is InChI=1S/C14H23FN2O2/c1-3-5-10(18)9-17-13-8-14(19-6-4-2)11(15)7-12(13)16/h7-8,10,17-18H,3-6,9,16H2,1-2H3. The zero-order valence-electron chi connectivity index (χ0n) is 11.6. The summed E-state index contributed by atoms with van der Waals surface area (Å²) in [6, 6.07) is 2.78. The Bertz CT molecular complexity index is 399. The van der Waals surface area contributed by atoms with Crippen LogP contribution in [0.15, 0.2) is 12.1 Å². The molecule has 1 unspecified atom stereocenters. The number of aliphatic hydroxyl groups is 1. The Morgan fingerprint density at radius 3 is 2.74 bits per heavy atom. The quantitative estimate of drug-likeness (QED) is 0.635. The normalized spacial score (nSPS) is 12.2. The lowest BCUT2D eigenvalue weighted by Crippen LogP contribution is -2.19. The van der Waals surface area contributed by atoms with Gasteiger partial charge in [0.15, 0.2) is 11.6 Å². The highest BCUT2D eigenvalue weighted by Crippen LogP contribution is 2.28. The first-order valence-corrected chi connectivity index (χ1v) is 6.72. The van der Waals surface area contributed by atoms with Gasteiger partial charge in [0.05, 0.1) is 24.1 Å². The lowest BCUT2D eigenvalue weighted by atomic mass is 10.2. The Kier molecular flexibility index (Phi) is 6.42. The zero-order chi connectivity index (χ0) is 14.3. The average molecular weight is 270 g/mol. The van der Waals surface area contributed by atoms with Gasteiger partial charge in [-0.3, -0.25) is 0 Å². The van der Waals surface area contributed by atoms with E-state index in [0.29, 0.717) is 30.9 Å². The monoisotopic (exact) mass is 270 g/mol. The second-order valence-corrected chi connectivity index (χ2v) is 4.54. The smallest absolute Gasteiger partial charge is 0.167 e. The molecule has 0 heterocycles. The fourth-order valence-corrected chi connectivity index (χ4v) is 1.71. The van der Waals surface area contributed by atoms with Gasteiger partial charge in [-0.1, -0.05) is 20.3 Å². The number of aliphatic hydroxyl groups excluding tert-OH is 1. The Labute approximate surface area is 113 Å². The van der Waals surface area contributed by atoms with Gasteiger partial charge in [-0.2, -0.15) is 0 Å². The van der Waals surface area contributed by atoms with Gasteiger partial charge in [0.25, 0.3) is 0 Å². The van der Waals surface area contributed by atoms with Crippen LogP contribution >= 0.6 is 0 Å². The third kappa shape index (κ3) is 4.95. The van der Waals surface area contributed by atoms with Crippen LogP contribution in [0.4, 0.5) is 15.8 Å². The third-order valence-electron chi connectivity index (χ3n) is 2.72. The molecule has 1 aromatic carbocycles. The maximum absolute atomic E-state index is 13.6. The van der Waals surface area contributed by atoms with Crippen molar-refractivity contribution in [3.63, 3.8) is 0 Å². The molecule has 0 bridgehead atoms. The molecule has 0 amide bonds. The summed E-state index contributed by atoms with van der Waals surface area (Å²) in [7, 11) is 0. The number of hydrogen-bond acceptors (Lipinski definition) is 4. The molecule has 0 fully saturated rings. The lowest BCUT2D eigenvalue weighted by molar-refractivity contribution is 0.176. The van der Waals surface area contributed by atoms with Crippen molar-refractivity contribution >= 4 is 11.4 Å². The van der Waals surface area contributed by atoms with Crippen LogP contribution in [-0.4, -0.2) is 24.4 Å². The molecule has 0 spiro atoms. The topological polar surface area (TPSA) is 67.5 Å². The summed E-state index contributed by atoms with van der Waals surface area (Å²) < 4.78 is 18.9. The van der Waals surface area contributed by atoms with E-state index in [1.165, 1.54) is 6.07 Å². The zero-order valence-corrected chi connectivity index (χ0v) is 11.6. The first kappa shape index (κ1) is 15.6. The Morgan fingerprint density at radius 2 is 2.11 bits per heavy atom. The highest BCUT2D eigenvalue weighted by molar-refractivity contribution is 5.68. The predicted molar refractivity (Wildman–Crippen MR) is 76.0 cm³/mol. The summed E-state index contributed by atoms with van der Waals surface area (Å²) >= 11 is 0. The molecular formula is C14H23FN2O2. The van der Waals surface area contributed by atoms with Crippen molar-refractivity contribution in [2.24, 2.45) is 0 Å². The van der Waals surface area contributed by atoms with E-state index in [9.17, 15) is 9.50 Å². The van der Waals surface area contributed by atoms with Crippen LogP contribution in [0.1, 0.15) is 33.1 Å². The summed E-state index contributed by atoms with van der Waals surface area (Å²) in [5, 5.41) is 12.7. The fourth-order valence-electron chi connectivity index (χ4n) is 1.71. The third-order valence-corrected chi connectivity index (χ3v) is 2.72. The number of hydrogen-bond donors (Lipinski definition) is 3. The number of halogens is 1. The molecule has 4 N–H and O–H groups in total. The first-order chi connectivity index (χ1) is 9.08. The van der Waals surface area contributed by atoms with Crippen molar-refractivity contribution in [2.75, 3.05) is 24.2 Å². The number of nitrogens with two attached hydrogens (primary N) is 1. The summed E-state index contributed by atoms with van der Waals surface area (Å²) in [5.74, 6) is -0.283. The molecule has 0 aliphatic rings. The molecule has 4 nitrogen and oxygen atoms in total. The fraction of sp³-hybridized carbons (Fsp3) is 0.571. The number of benzene rings is 1. The SMILES string of the molecule is CCCOc1cc(NCC(O)CCC)c(N)cc1F. The van der Waals surface area contributed by atoms with Gasteiger partial charge in [-0.15, -0.1) is 0 Å². The maximum atomic E-state index is 13.6. The summed E-state index contributed by atoms with van der Waals surface area (Å²) in [6.07, 6.45) is 2.00. The average Bonchev–Trinajstić information content (AvgIpc) is 2.37. The van der Waals surface area contributed by atoms with Crippen LogP contribution in [0.3, 0.4) is 0 Å². The highest BCUT2D eigenvalue weighted by Gasteiger charge is 2.10. The molecule has 108 valence electrons. The molecule has 5 heteroatoms. The Morgan fingerprint density at radius 1 is 1.37 bits per heavy atom. The van der Waals surface area contributed by atoms with E-state index < -0.39 is 11.9 Å². The number of ether oxygens (including phenoxy) is 1. The van der Waals surface area contributed by atoms with E-state index in [2.05, 4.69) is 5.32 Å². The van der Waals surface area contributed by atoms with E-state index in [4.69, 9.17) is 10.5 Å². The van der Waals surface area contributed by atoms with Gasteiger partial charge in [0.2, 0.25) is 0 Å². The predicted octanol–water partition coefficient (Wildman–Crippen LogP) is 2.77. The van der Waals surface area contributed by atoms with E-state index >= 15 is 0 Å². The van der Waals surface area contributed by atoms with Crippen LogP contribution in [0, 0.1) is 5.82 Å². The minimum Gasteiger partial charge on any atom is -0.490 e. The molecule has 1 atom stereocenters. The summed E-state index contributed by atoms with van der Waals surface area (Å²) in [6.45, 7) is 4.80. The number of nitrogen functional groups attached to an aromatic ring is 1. The second-order valence-electron chi connectivity index (χ2n) is 4.54. The van der Waals surface area contributed by atoms with E-state index in [1.807, 2.05) is 13.8 Å². The molecule has 0 saturated heterocycles. The number of anilines is 2. The molecule has 0 aliphatic heterocycles. The highest BCUT2D eigenvalue weighted by atomic mass is 19.1. The molecule has 1 aromatic rings. The number of nitrogens with one attached hydrogen (secondary N) is 1. The molecule has 0 aliphatic carbocycles. The summed E-state index contributed by atoms with van der Waals surface area (Å²) in [5.41, 5.74) is 6.64. The van der Waals surface area contributed by atoms with Crippen molar-refractivity contribution in [1.82, 2.24) is 0 Å². The van der Waals surface area contributed by atoms with Crippen LogP contribution in [-0.2, 0) is 0 Å². The first-order valence-electron chi connectivity index (χ1n) is 6.72. The van der Waals surface area contributed by atoms with Crippen molar-refractivity contribution in [1.29, 1.82) is 0 Å². The Balaban J connectivity index is 2.71. The van der Waals surface area contributed by atoms with Crippen LogP contribution < -0.4 is 15.8 Å². The minimum absolute atomic E-state index is 0.184. The molecule has 0 radical (unpaired) electrons. The van der Waals surface area contributed by atoms with Gasteiger partial charge in [0, 0.05) is 18.7 Å². The van der Waals surface area contributed by atoms with Gasteiger partial charge >= 0.3 is 0 Å². The molecule has 0 aromatic heterocycles. The van der Waals surface area contributed by atoms with E-state index in [-0.39, 0.29) is 5.75 Å². The van der Waals surface area contributed by atoms with Crippen LogP contribution in [0.25, 0.3) is 0 Å². The molecule has 0 saturated carbocycles. The van der Waals surface area contributed by atoms with Gasteiger partial charge in [-0.05, 0) is 12.8 Å². The van der Waals surface area contributed by atoms with Crippen molar-refractivity contribution < 1.29 is 14.2 Å². The van der Waals surface area contributed by atoms with Gasteiger partial charge in [-0.25, -0.2) is 4.39 Å². The molecular weight excluding hydrogens is 247 g/mol.